The summed E-state index contributed by atoms with van der Waals surface area (Å²) in [4.78, 5) is 12.2. The Morgan fingerprint density at radius 1 is 0.933 bits per heavy atom. The summed E-state index contributed by atoms with van der Waals surface area (Å²) in [6.45, 7) is 8.51. The van der Waals surface area contributed by atoms with Crippen molar-refractivity contribution in [1.82, 2.24) is 5.32 Å². The second-order valence-corrected chi connectivity index (χ2v) is 9.47. The van der Waals surface area contributed by atoms with Crippen molar-refractivity contribution in [2.24, 2.45) is 0 Å². The summed E-state index contributed by atoms with van der Waals surface area (Å²) in [7, 11) is -0.356. The Balaban J connectivity index is 1.31. The summed E-state index contributed by atoms with van der Waals surface area (Å²) >= 11 is 0. The first-order valence-corrected chi connectivity index (χ1v) is 10.6. The predicted molar refractivity (Wildman–Crippen MR) is 118 cm³/mol. The van der Waals surface area contributed by atoms with Crippen LogP contribution in [0, 0.1) is 0 Å². The molecule has 1 aliphatic heterocycles. The molecular formula is C24H30BNO4. The maximum atomic E-state index is 12.2. The molecule has 0 aromatic heterocycles. The molecule has 1 heterocycles. The number of nitrogens with one attached hydrogen (secondary N) is 1. The van der Waals surface area contributed by atoms with Gasteiger partial charge in [-0.1, -0.05) is 54.6 Å². The van der Waals surface area contributed by atoms with Gasteiger partial charge in [0.15, 0.2) is 0 Å². The summed E-state index contributed by atoms with van der Waals surface area (Å²) in [6.07, 6.45) is 2.36. The minimum Gasteiger partial charge on any atom is -0.445 e. The quantitative estimate of drug-likeness (QED) is 0.736. The molecule has 5 nitrogen and oxygen atoms in total. The summed E-state index contributed by atoms with van der Waals surface area (Å²) in [6, 6.07) is 18.0. The van der Waals surface area contributed by atoms with Crippen LogP contribution in [0.1, 0.15) is 51.7 Å². The fraction of sp³-hybridized carbons (Fsp3) is 0.458. The number of amides is 1. The Bertz CT molecular complexity index is 875. The zero-order chi connectivity index (χ0) is 21.4. The number of alkyl carbamates (subject to hydrolysis) is 1. The van der Waals surface area contributed by atoms with E-state index in [1.807, 2.05) is 30.3 Å². The lowest BCUT2D eigenvalue weighted by Crippen LogP contribution is -2.41. The van der Waals surface area contributed by atoms with Crippen LogP contribution >= 0.6 is 0 Å². The first kappa shape index (κ1) is 20.9. The second-order valence-electron chi connectivity index (χ2n) is 9.47. The van der Waals surface area contributed by atoms with Gasteiger partial charge < -0.3 is 19.4 Å². The van der Waals surface area contributed by atoms with Crippen LogP contribution in [0.5, 0.6) is 0 Å². The number of hydrogen-bond acceptors (Lipinski definition) is 4. The topological polar surface area (TPSA) is 56.8 Å². The molecule has 4 rings (SSSR count). The van der Waals surface area contributed by atoms with E-state index in [0.717, 1.165) is 30.3 Å². The highest BCUT2D eigenvalue weighted by Gasteiger charge is 2.51. The number of carbonyl (C=O) groups excluding carboxylic acids is 1. The summed E-state index contributed by atoms with van der Waals surface area (Å²) < 4.78 is 17.6. The van der Waals surface area contributed by atoms with E-state index in [0.29, 0.717) is 0 Å². The molecule has 2 aromatic carbocycles. The van der Waals surface area contributed by atoms with Gasteiger partial charge in [-0.05, 0) is 63.5 Å². The fourth-order valence-corrected chi connectivity index (χ4v) is 3.64. The molecule has 0 atom stereocenters. The van der Waals surface area contributed by atoms with Crippen LogP contribution in [0.25, 0.3) is 0 Å². The highest BCUT2D eigenvalue weighted by Crippen LogP contribution is 2.39. The van der Waals surface area contributed by atoms with E-state index in [1.54, 1.807) is 0 Å². The molecule has 0 radical (unpaired) electrons. The molecule has 158 valence electrons. The normalized spacial score (nSPS) is 20.6. The van der Waals surface area contributed by atoms with Crippen LogP contribution in [-0.4, -0.2) is 30.0 Å². The van der Waals surface area contributed by atoms with Crippen LogP contribution in [0.2, 0.25) is 0 Å². The second kappa shape index (κ2) is 7.75. The van der Waals surface area contributed by atoms with Gasteiger partial charge in [-0.3, -0.25) is 0 Å². The van der Waals surface area contributed by atoms with Crippen molar-refractivity contribution in [3.63, 3.8) is 0 Å². The largest absolute Gasteiger partial charge is 0.494 e. The number of rotatable bonds is 6. The Morgan fingerprint density at radius 2 is 1.53 bits per heavy atom. The number of ether oxygens (including phenoxy) is 1. The van der Waals surface area contributed by atoms with E-state index in [-0.39, 0.29) is 36.6 Å². The number of benzene rings is 2. The summed E-state index contributed by atoms with van der Waals surface area (Å²) in [5.74, 6) is 0. The van der Waals surface area contributed by atoms with E-state index < -0.39 is 0 Å². The molecule has 1 N–H and O–H groups in total. The molecule has 1 saturated heterocycles. The SMILES string of the molecule is CC1(C)OB(c2ccc(CC3(NC(=O)OCc4ccccc4)CC3)cc2)OC1(C)C. The van der Waals surface area contributed by atoms with Crippen molar-refractivity contribution in [1.29, 1.82) is 0 Å². The van der Waals surface area contributed by atoms with Crippen LogP contribution in [0.15, 0.2) is 54.6 Å². The molecule has 30 heavy (non-hydrogen) atoms. The van der Waals surface area contributed by atoms with Gasteiger partial charge in [-0.2, -0.15) is 0 Å². The van der Waals surface area contributed by atoms with Crippen molar-refractivity contribution in [2.75, 3.05) is 0 Å². The van der Waals surface area contributed by atoms with Gasteiger partial charge >= 0.3 is 13.2 Å². The first-order chi connectivity index (χ1) is 14.2. The molecule has 2 aromatic rings. The van der Waals surface area contributed by atoms with Gasteiger partial charge in [0.2, 0.25) is 0 Å². The lowest BCUT2D eigenvalue weighted by molar-refractivity contribution is 0.00578. The zero-order valence-electron chi connectivity index (χ0n) is 18.2. The van der Waals surface area contributed by atoms with Crippen LogP contribution in [0.4, 0.5) is 4.79 Å². The Kier molecular flexibility index (Phi) is 5.41. The van der Waals surface area contributed by atoms with Gasteiger partial charge in [0.25, 0.3) is 0 Å². The lowest BCUT2D eigenvalue weighted by Gasteiger charge is -2.32. The van der Waals surface area contributed by atoms with Gasteiger partial charge in [0.1, 0.15) is 6.61 Å². The highest BCUT2D eigenvalue weighted by atomic mass is 16.7. The van der Waals surface area contributed by atoms with E-state index in [1.165, 1.54) is 5.56 Å². The van der Waals surface area contributed by atoms with Gasteiger partial charge in [-0.15, -0.1) is 0 Å². The van der Waals surface area contributed by atoms with E-state index >= 15 is 0 Å². The van der Waals surface area contributed by atoms with E-state index in [2.05, 4.69) is 57.3 Å². The van der Waals surface area contributed by atoms with Crippen molar-refractivity contribution < 1.29 is 18.8 Å². The molecule has 0 bridgehead atoms. The molecule has 2 aliphatic rings. The first-order valence-electron chi connectivity index (χ1n) is 10.6. The van der Waals surface area contributed by atoms with Gasteiger partial charge in [0.05, 0.1) is 11.2 Å². The lowest BCUT2D eigenvalue weighted by atomic mass is 9.78. The third-order valence-electron chi connectivity index (χ3n) is 6.48. The van der Waals surface area contributed by atoms with Crippen LogP contribution < -0.4 is 10.8 Å². The number of carbonyl (C=O) groups is 1. The molecule has 1 saturated carbocycles. The van der Waals surface area contributed by atoms with Crippen molar-refractivity contribution in [3.05, 3.63) is 65.7 Å². The maximum Gasteiger partial charge on any atom is 0.494 e. The Morgan fingerprint density at radius 3 is 2.10 bits per heavy atom. The third kappa shape index (κ3) is 4.55. The monoisotopic (exact) mass is 407 g/mol. The van der Waals surface area contributed by atoms with Crippen molar-refractivity contribution in [3.8, 4) is 0 Å². The highest BCUT2D eigenvalue weighted by molar-refractivity contribution is 6.62. The Labute approximate surface area is 179 Å². The maximum absolute atomic E-state index is 12.2. The minimum atomic E-state index is -0.356. The Hall–Kier alpha value is -2.31. The summed E-state index contributed by atoms with van der Waals surface area (Å²) in [5.41, 5.74) is 2.28. The fourth-order valence-electron chi connectivity index (χ4n) is 3.64. The van der Waals surface area contributed by atoms with Gasteiger partial charge in [0, 0.05) is 5.54 Å². The third-order valence-corrected chi connectivity index (χ3v) is 6.48. The standard InChI is InChI=1S/C24H30BNO4/c1-22(2)23(3,4)30-25(29-22)20-12-10-18(11-13-20)16-24(14-15-24)26-21(27)28-17-19-8-6-5-7-9-19/h5-13H,14-17H2,1-4H3,(H,26,27). The average Bonchev–Trinajstić information content (AvgIpc) is 3.40. The van der Waals surface area contributed by atoms with Crippen LogP contribution in [-0.2, 0) is 27.1 Å². The van der Waals surface area contributed by atoms with Crippen molar-refractivity contribution >= 4 is 18.7 Å². The van der Waals surface area contributed by atoms with E-state index in [9.17, 15) is 4.79 Å². The van der Waals surface area contributed by atoms with Gasteiger partial charge in [-0.25, -0.2) is 4.79 Å². The van der Waals surface area contributed by atoms with E-state index in [4.69, 9.17) is 14.0 Å². The molecule has 1 amide bonds. The van der Waals surface area contributed by atoms with Crippen LogP contribution in [0.3, 0.4) is 0 Å². The van der Waals surface area contributed by atoms with Crippen molar-refractivity contribution in [2.45, 2.75) is 70.3 Å². The molecular weight excluding hydrogens is 377 g/mol. The minimum absolute atomic E-state index is 0.195. The molecule has 2 fully saturated rings. The smallest absolute Gasteiger partial charge is 0.445 e. The molecule has 0 unspecified atom stereocenters. The average molecular weight is 407 g/mol. The number of hydrogen-bond donors (Lipinski definition) is 1. The molecule has 6 heteroatoms. The predicted octanol–water partition coefficient (Wildman–Crippen LogP) is 3.99. The molecule has 1 aliphatic carbocycles. The molecule has 0 spiro atoms. The summed E-state index contributed by atoms with van der Waals surface area (Å²) in [5, 5.41) is 3.07. The zero-order valence-corrected chi connectivity index (χ0v) is 18.2.